The fourth-order valence-electron chi connectivity index (χ4n) is 1.91. The molecule has 2 aromatic rings. The van der Waals surface area contributed by atoms with E-state index < -0.39 is 0 Å². The molecule has 9 heteroatoms. The van der Waals surface area contributed by atoms with Crippen LogP contribution in [-0.4, -0.2) is 33.5 Å². The third kappa shape index (κ3) is 8.16. The molecule has 2 atom stereocenters. The second-order valence-electron chi connectivity index (χ2n) is 5.41. The smallest absolute Gasteiger partial charge is 0.133 e. The van der Waals surface area contributed by atoms with Gasteiger partial charge in [0.05, 0.1) is 18.6 Å². The van der Waals surface area contributed by atoms with Gasteiger partial charge in [-0.2, -0.15) is 0 Å². The quantitative estimate of drug-likeness (QED) is 0.230. The predicted molar refractivity (Wildman–Crippen MR) is 132 cm³/mol. The van der Waals surface area contributed by atoms with Gasteiger partial charge < -0.3 is 14.2 Å². The Kier molecular flexibility index (Phi) is 11.0. The molecule has 0 aliphatic rings. The van der Waals surface area contributed by atoms with E-state index in [4.69, 9.17) is 14.2 Å². The van der Waals surface area contributed by atoms with Gasteiger partial charge >= 0.3 is 0 Å². The maximum absolute atomic E-state index is 5.94. The van der Waals surface area contributed by atoms with E-state index in [9.17, 15) is 0 Å². The van der Waals surface area contributed by atoms with E-state index in [-0.39, 0.29) is 9.65 Å². The highest BCUT2D eigenvalue weighted by molar-refractivity contribution is 9.12. The summed E-state index contributed by atoms with van der Waals surface area (Å²) in [5.41, 5.74) is 0. The molecule has 0 N–H and O–H groups in total. The normalized spacial score (nSPS) is 13.1. The fourth-order valence-corrected chi connectivity index (χ4v) is 3.49. The standard InChI is InChI=1S/C18H16Br6O3/c19-7-11(21)9-25-17-3-1-13(5-15(17)23)27-14-2-4-18(16(24)6-14)26-10-12(22)8-20/h1-6,11-12H,7-10H2. The zero-order valence-corrected chi connectivity index (χ0v) is 23.5. The van der Waals surface area contributed by atoms with Crippen molar-refractivity contribution in [3.8, 4) is 23.0 Å². The van der Waals surface area contributed by atoms with E-state index in [0.717, 1.165) is 31.1 Å². The summed E-state index contributed by atoms with van der Waals surface area (Å²) in [6.45, 7) is 1.14. The molecule has 0 spiro atoms. The van der Waals surface area contributed by atoms with Gasteiger partial charge in [0, 0.05) is 10.7 Å². The van der Waals surface area contributed by atoms with E-state index in [0.29, 0.717) is 24.7 Å². The van der Waals surface area contributed by atoms with Crippen molar-refractivity contribution in [1.29, 1.82) is 0 Å². The number of alkyl halides is 4. The summed E-state index contributed by atoms with van der Waals surface area (Å²) in [6.07, 6.45) is 0. The van der Waals surface area contributed by atoms with E-state index >= 15 is 0 Å². The lowest BCUT2D eigenvalue weighted by molar-refractivity contribution is 0.322. The molecule has 148 valence electrons. The van der Waals surface area contributed by atoms with Gasteiger partial charge in [0.2, 0.25) is 0 Å². The maximum atomic E-state index is 5.94. The zero-order valence-electron chi connectivity index (χ0n) is 13.9. The summed E-state index contributed by atoms with van der Waals surface area (Å²) >= 11 is 20.9. The fraction of sp³-hybridized carbons (Fsp3) is 0.333. The monoisotopic (exact) mass is 754 g/mol. The topological polar surface area (TPSA) is 27.7 Å². The Morgan fingerprint density at radius 2 is 1.11 bits per heavy atom. The lowest BCUT2D eigenvalue weighted by Crippen LogP contribution is -2.12. The highest BCUT2D eigenvalue weighted by atomic mass is 79.9. The molecule has 0 radical (unpaired) electrons. The molecular formula is C18H16Br6O3. The van der Waals surface area contributed by atoms with Crippen molar-refractivity contribution in [3.63, 3.8) is 0 Å². The summed E-state index contributed by atoms with van der Waals surface area (Å²) in [7, 11) is 0. The van der Waals surface area contributed by atoms with Crippen molar-refractivity contribution in [3.05, 3.63) is 45.3 Å². The average molecular weight is 760 g/mol. The minimum atomic E-state index is 0.257. The van der Waals surface area contributed by atoms with Crippen LogP contribution in [0.1, 0.15) is 0 Å². The number of benzene rings is 2. The molecule has 0 aliphatic carbocycles. The highest BCUT2D eigenvalue weighted by Gasteiger charge is 2.10. The highest BCUT2D eigenvalue weighted by Crippen LogP contribution is 2.35. The van der Waals surface area contributed by atoms with Gasteiger partial charge in [0.15, 0.2) is 0 Å². The first-order chi connectivity index (χ1) is 12.9. The molecule has 2 rings (SSSR count). The SMILES string of the molecule is BrCC(Br)COc1ccc(Oc2ccc(OCC(Br)CBr)c(Br)c2)cc1Br. The maximum Gasteiger partial charge on any atom is 0.133 e. The Morgan fingerprint density at radius 1 is 0.704 bits per heavy atom. The molecule has 27 heavy (non-hydrogen) atoms. The molecule has 0 saturated heterocycles. The van der Waals surface area contributed by atoms with Crippen LogP contribution in [0.4, 0.5) is 0 Å². The lowest BCUT2D eigenvalue weighted by Gasteiger charge is -2.14. The Labute approximate surface area is 209 Å². The molecule has 0 aromatic heterocycles. The number of rotatable bonds is 10. The number of ether oxygens (including phenoxy) is 3. The van der Waals surface area contributed by atoms with E-state index in [2.05, 4.69) is 95.6 Å². The van der Waals surface area contributed by atoms with Crippen molar-refractivity contribution in [2.45, 2.75) is 9.65 Å². The third-order valence-electron chi connectivity index (χ3n) is 3.22. The minimum absolute atomic E-state index is 0.257. The van der Waals surface area contributed by atoms with Gasteiger partial charge in [-0.05, 0) is 68.3 Å². The number of hydrogen-bond acceptors (Lipinski definition) is 3. The van der Waals surface area contributed by atoms with Crippen LogP contribution in [0.2, 0.25) is 0 Å². The van der Waals surface area contributed by atoms with Crippen LogP contribution in [0.25, 0.3) is 0 Å². The van der Waals surface area contributed by atoms with Gasteiger partial charge in [0.25, 0.3) is 0 Å². The van der Waals surface area contributed by atoms with Gasteiger partial charge in [0.1, 0.15) is 36.2 Å². The second kappa shape index (κ2) is 12.4. The molecule has 0 saturated carbocycles. The molecule has 0 fully saturated rings. The van der Waals surface area contributed by atoms with Crippen molar-refractivity contribution in [2.24, 2.45) is 0 Å². The lowest BCUT2D eigenvalue weighted by atomic mass is 10.3. The summed E-state index contributed by atoms with van der Waals surface area (Å²) in [5, 5.41) is 1.65. The molecule has 0 heterocycles. The predicted octanol–water partition coefficient (Wildman–Crippen LogP) is 8.08. The van der Waals surface area contributed by atoms with Crippen molar-refractivity contribution in [1.82, 2.24) is 0 Å². The molecule has 2 unspecified atom stereocenters. The van der Waals surface area contributed by atoms with Gasteiger partial charge in [-0.1, -0.05) is 63.7 Å². The van der Waals surface area contributed by atoms with Gasteiger partial charge in [-0.25, -0.2) is 0 Å². The first kappa shape index (κ1) is 24.0. The zero-order chi connectivity index (χ0) is 19.8. The number of hydrogen-bond donors (Lipinski definition) is 0. The van der Waals surface area contributed by atoms with Gasteiger partial charge in [-0.15, -0.1) is 0 Å². The van der Waals surface area contributed by atoms with Crippen LogP contribution < -0.4 is 14.2 Å². The number of halogens is 6. The van der Waals surface area contributed by atoms with Crippen LogP contribution in [-0.2, 0) is 0 Å². The summed E-state index contributed by atoms with van der Waals surface area (Å²) in [5.74, 6) is 2.97. The van der Waals surface area contributed by atoms with E-state index in [1.54, 1.807) is 0 Å². The van der Waals surface area contributed by atoms with Crippen LogP contribution in [0, 0.1) is 0 Å². The van der Waals surface area contributed by atoms with E-state index in [1.165, 1.54) is 0 Å². The van der Waals surface area contributed by atoms with Crippen LogP contribution in [0.3, 0.4) is 0 Å². The van der Waals surface area contributed by atoms with Crippen LogP contribution >= 0.6 is 95.6 Å². The molecule has 3 nitrogen and oxygen atoms in total. The summed E-state index contributed by atoms with van der Waals surface area (Å²) in [4.78, 5) is 0.514. The molecule has 0 aliphatic heterocycles. The minimum Gasteiger partial charge on any atom is -0.491 e. The second-order valence-corrected chi connectivity index (χ2v) is 11.0. The molecular weight excluding hydrogens is 744 g/mol. The molecule has 0 bridgehead atoms. The largest absolute Gasteiger partial charge is 0.491 e. The summed E-state index contributed by atoms with van der Waals surface area (Å²) < 4.78 is 19.2. The Bertz CT molecular complexity index is 682. The van der Waals surface area contributed by atoms with Crippen molar-refractivity contribution >= 4 is 95.6 Å². The van der Waals surface area contributed by atoms with Crippen molar-refractivity contribution < 1.29 is 14.2 Å². The summed E-state index contributed by atoms with van der Waals surface area (Å²) in [6, 6.07) is 11.3. The third-order valence-corrected chi connectivity index (χ3v) is 8.93. The molecule has 0 amide bonds. The average Bonchev–Trinajstić information content (AvgIpc) is 2.66. The van der Waals surface area contributed by atoms with Crippen molar-refractivity contribution in [2.75, 3.05) is 23.9 Å². The Hall–Kier alpha value is 0.720. The Morgan fingerprint density at radius 3 is 1.44 bits per heavy atom. The molecule has 2 aromatic carbocycles. The van der Waals surface area contributed by atoms with Crippen LogP contribution in [0.15, 0.2) is 45.3 Å². The first-order valence-corrected chi connectivity index (χ1v) is 13.5. The first-order valence-electron chi connectivity index (χ1n) is 7.85. The van der Waals surface area contributed by atoms with E-state index in [1.807, 2.05) is 36.4 Å². The van der Waals surface area contributed by atoms with Crippen LogP contribution in [0.5, 0.6) is 23.0 Å². The van der Waals surface area contributed by atoms with Gasteiger partial charge in [-0.3, -0.25) is 0 Å². The Balaban J connectivity index is 2.00.